The molecule has 0 aliphatic rings. The third-order valence-electron chi connectivity index (χ3n) is 2.38. The number of hydrogen-bond donors (Lipinski definition) is 0. The first-order chi connectivity index (χ1) is 8.31. The van der Waals surface area contributed by atoms with Gasteiger partial charge in [-0.15, -0.1) is 10.2 Å². The van der Waals surface area contributed by atoms with Gasteiger partial charge in [0, 0.05) is 18.4 Å². The Morgan fingerprint density at radius 1 is 1.06 bits per heavy atom. The molecular formula is C13H10N2O2. The van der Waals surface area contributed by atoms with E-state index >= 15 is 0 Å². The maximum Gasteiger partial charge on any atom is 0.240 e. The van der Waals surface area contributed by atoms with Crippen molar-refractivity contribution in [3.63, 3.8) is 0 Å². The van der Waals surface area contributed by atoms with Gasteiger partial charge < -0.3 is 8.83 Å². The quantitative estimate of drug-likeness (QED) is 0.672. The molecule has 4 heteroatoms. The summed E-state index contributed by atoms with van der Waals surface area (Å²) in [6, 6.07) is 9.83. The van der Waals surface area contributed by atoms with Gasteiger partial charge in [0.15, 0.2) is 0 Å². The standard InChI is InChI=1S/C13H10N2O2/c1-9-14-15-13(16-9)7-6-11-8-10-4-2-3-5-12(10)17-11/h2-8H,1H3. The Morgan fingerprint density at radius 2 is 1.94 bits per heavy atom. The summed E-state index contributed by atoms with van der Waals surface area (Å²) < 4.78 is 10.8. The lowest BCUT2D eigenvalue weighted by atomic mass is 10.2. The molecule has 0 atom stereocenters. The molecule has 0 aliphatic carbocycles. The number of nitrogens with zero attached hydrogens (tertiary/aromatic N) is 2. The van der Waals surface area contributed by atoms with Crippen molar-refractivity contribution in [2.45, 2.75) is 6.92 Å². The second-order valence-electron chi connectivity index (χ2n) is 3.68. The summed E-state index contributed by atoms with van der Waals surface area (Å²) in [4.78, 5) is 0. The molecule has 1 aromatic carbocycles. The summed E-state index contributed by atoms with van der Waals surface area (Å²) in [6.45, 7) is 1.76. The predicted octanol–water partition coefficient (Wildman–Crippen LogP) is 3.29. The topological polar surface area (TPSA) is 52.1 Å². The van der Waals surface area contributed by atoms with E-state index in [-0.39, 0.29) is 0 Å². The van der Waals surface area contributed by atoms with Crippen LogP contribution in [0.2, 0.25) is 0 Å². The normalized spacial score (nSPS) is 11.6. The lowest BCUT2D eigenvalue weighted by Gasteiger charge is -1.83. The minimum absolute atomic E-state index is 0.475. The van der Waals surface area contributed by atoms with Crippen LogP contribution in [0, 0.1) is 6.92 Å². The highest BCUT2D eigenvalue weighted by Gasteiger charge is 2.01. The summed E-state index contributed by atoms with van der Waals surface area (Å²) in [7, 11) is 0. The van der Waals surface area contributed by atoms with Crippen LogP contribution in [0.15, 0.2) is 39.2 Å². The van der Waals surface area contributed by atoms with Crippen molar-refractivity contribution < 1.29 is 8.83 Å². The van der Waals surface area contributed by atoms with Gasteiger partial charge in [-0.25, -0.2) is 0 Å². The van der Waals surface area contributed by atoms with Crippen LogP contribution < -0.4 is 0 Å². The molecule has 0 aliphatic heterocycles. The summed E-state index contributed by atoms with van der Waals surface area (Å²) in [5.41, 5.74) is 0.869. The minimum atomic E-state index is 0.475. The Bertz CT molecular complexity index is 646. The molecule has 17 heavy (non-hydrogen) atoms. The van der Waals surface area contributed by atoms with Crippen LogP contribution in [-0.4, -0.2) is 10.2 Å². The Hall–Kier alpha value is -2.36. The molecule has 0 unspecified atom stereocenters. The minimum Gasteiger partial charge on any atom is -0.457 e. The van der Waals surface area contributed by atoms with E-state index in [1.54, 1.807) is 13.0 Å². The smallest absolute Gasteiger partial charge is 0.240 e. The van der Waals surface area contributed by atoms with E-state index in [0.29, 0.717) is 11.8 Å². The van der Waals surface area contributed by atoms with Crippen molar-refractivity contribution >= 4 is 23.1 Å². The van der Waals surface area contributed by atoms with E-state index in [9.17, 15) is 0 Å². The van der Waals surface area contributed by atoms with Crippen molar-refractivity contribution in [3.8, 4) is 0 Å². The van der Waals surface area contributed by atoms with Gasteiger partial charge in [0.25, 0.3) is 0 Å². The monoisotopic (exact) mass is 226 g/mol. The van der Waals surface area contributed by atoms with Crippen molar-refractivity contribution in [1.29, 1.82) is 0 Å². The number of furan rings is 1. The number of aryl methyl sites for hydroxylation is 1. The Labute approximate surface area is 97.6 Å². The van der Waals surface area contributed by atoms with Crippen LogP contribution in [0.4, 0.5) is 0 Å². The van der Waals surface area contributed by atoms with Crippen LogP contribution in [0.3, 0.4) is 0 Å². The summed E-state index contributed by atoms with van der Waals surface area (Å²) in [5, 5.41) is 8.69. The third kappa shape index (κ3) is 1.97. The molecule has 0 saturated carbocycles. The van der Waals surface area contributed by atoms with Gasteiger partial charge in [0.2, 0.25) is 11.8 Å². The molecule has 2 aromatic heterocycles. The molecule has 84 valence electrons. The third-order valence-corrected chi connectivity index (χ3v) is 2.38. The Morgan fingerprint density at radius 3 is 2.71 bits per heavy atom. The molecule has 4 nitrogen and oxygen atoms in total. The summed E-state index contributed by atoms with van der Waals surface area (Å²) in [5.74, 6) is 1.79. The van der Waals surface area contributed by atoms with E-state index in [0.717, 1.165) is 16.7 Å². The number of hydrogen-bond acceptors (Lipinski definition) is 4. The molecule has 3 aromatic rings. The zero-order valence-corrected chi connectivity index (χ0v) is 9.25. The number of para-hydroxylation sites is 1. The molecule has 3 rings (SSSR count). The Balaban J connectivity index is 1.92. The highest BCUT2D eigenvalue weighted by molar-refractivity contribution is 5.81. The van der Waals surface area contributed by atoms with Crippen molar-refractivity contribution in [2.75, 3.05) is 0 Å². The average molecular weight is 226 g/mol. The largest absolute Gasteiger partial charge is 0.457 e. The fraction of sp³-hybridized carbons (Fsp3) is 0.0769. The number of rotatable bonds is 2. The Kier molecular flexibility index (Phi) is 2.26. The van der Waals surface area contributed by atoms with E-state index in [1.165, 1.54) is 0 Å². The molecule has 2 heterocycles. The average Bonchev–Trinajstić information content (AvgIpc) is 2.91. The first-order valence-electron chi connectivity index (χ1n) is 5.28. The molecule has 0 fully saturated rings. The lowest BCUT2D eigenvalue weighted by molar-refractivity contribution is 0.509. The summed E-state index contributed by atoms with van der Waals surface area (Å²) in [6.07, 6.45) is 3.55. The zero-order chi connectivity index (χ0) is 11.7. The molecule has 0 amide bonds. The van der Waals surface area contributed by atoms with Crippen molar-refractivity contribution in [1.82, 2.24) is 10.2 Å². The van der Waals surface area contributed by atoms with Crippen molar-refractivity contribution in [2.24, 2.45) is 0 Å². The molecule has 0 spiro atoms. The number of aromatic nitrogens is 2. The first-order valence-corrected chi connectivity index (χ1v) is 5.28. The molecule has 0 saturated heterocycles. The van der Waals surface area contributed by atoms with Gasteiger partial charge >= 0.3 is 0 Å². The van der Waals surface area contributed by atoms with Crippen LogP contribution >= 0.6 is 0 Å². The predicted molar refractivity (Wildman–Crippen MR) is 64.2 cm³/mol. The second-order valence-corrected chi connectivity index (χ2v) is 3.68. The number of fused-ring (bicyclic) bond motifs is 1. The van der Waals surface area contributed by atoms with Gasteiger partial charge in [0.05, 0.1) is 0 Å². The summed E-state index contributed by atoms with van der Waals surface area (Å²) >= 11 is 0. The number of benzene rings is 1. The van der Waals surface area contributed by atoms with Crippen LogP contribution in [0.1, 0.15) is 17.5 Å². The van der Waals surface area contributed by atoms with E-state index < -0.39 is 0 Å². The van der Waals surface area contributed by atoms with Gasteiger partial charge in [-0.1, -0.05) is 18.2 Å². The van der Waals surface area contributed by atoms with Gasteiger partial charge in [-0.05, 0) is 18.2 Å². The fourth-order valence-electron chi connectivity index (χ4n) is 1.62. The second kappa shape index (κ2) is 3.90. The van der Waals surface area contributed by atoms with Crippen LogP contribution in [-0.2, 0) is 0 Å². The molecule has 0 N–H and O–H groups in total. The van der Waals surface area contributed by atoms with E-state index in [4.69, 9.17) is 8.83 Å². The first kappa shape index (κ1) is 9.84. The zero-order valence-electron chi connectivity index (χ0n) is 9.25. The van der Waals surface area contributed by atoms with Gasteiger partial charge in [0.1, 0.15) is 11.3 Å². The van der Waals surface area contributed by atoms with Crippen LogP contribution in [0.5, 0.6) is 0 Å². The highest BCUT2D eigenvalue weighted by atomic mass is 16.4. The maximum absolute atomic E-state index is 5.62. The molecule has 0 radical (unpaired) electrons. The maximum atomic E-state index is 5.62. The van der Waals surface area contributed by atoms with Crippen LogP contribution in [0.25, 0.3) is 23.1 Å². The van der Waals surface area contributed by atoms with E-state index in [2.05, 4.69) is 10.2 Å². The lowest BCUT2D eigenvalue weighted by Crippen LogP contribution is -1.70. The van der Waals surface area contributed by atoms with Crippen molar-refractivity contribution in [3.05, 3.63) is 47.9 Å². The fourth-order valence-corrected chi connectivity index (χ4v) is 1.62. The van der Waals surface area contributed by atoms with Gasteiger partial charge in [-0.3, -0.25) is 0 Å². The van der Waals surface area contributed by atoms with E-state index in [1.807, 2.05) is 36.4 Å². The SMILES string of the molecule is Cc1nnc(C=Cc2cc3ccccc3o2)o1. The highest BCUT2D eigenvalue weighted by Crippen LogP contribution is 2.20. The van der Waals surface area contributed by atoms with Gasteiger partial charge in [-0.2, -0.15) is 0 Å². The molecule has 0 bridgehead atoms. The molecular weight excluding hydrogens is 216 g/mol.